The summed E-state index contributed by atoms with van der Waals surface area (Å²) in [5.74, 6) is 1.75. The largest absolute Gasteiger partial charge is 0.493 e. The number of methoxy groups -OCH3 is 2. The van der Waals surface area contributed by atoms with Gasteiger partial charge in [0.25, 0.3) is 5.91 Å². The highest BCUT2D eigenvalue weighted by molar-refractivity contribution is 6.32. The standard InChI is InChI=1S/C30H27ClN2O5/c1-35-27-16-22(13-14-26(27)37-19-21-9-5-3-6-10-21)20-38-29-25(31)15-23(17-28(29)36-2)18-32-33-30(34)24-11-7-4-8-12-24/h3-18H,19-20H2,1-2H3,(H,33,34)/b32-18+. The van der Waals surface area contributed by atoms with Gasteiger partial charge in [-0.15, -0.1) is 0 Å². The van der Waals surface area contributed by atoms with Crippen molar-refractivity contribution >= 4 is 23.7 Å². The van der Waals surface area contributed by atoms with Gasteiger partial charge >= 0.3 is 0 Å². The van der Waals surface area contributed by atoms with Crippen LogP contribution >= 0.6 is 11.6 Å². The Bertz CT molecular complexity index is 1390. The van der Waals surface area contributed by atoms with Gasteiger partial charge in [-0.05, 0) is 53.1 Å². The number of rotatable bonds is 11. The number of hydrogen-bond acceptors (Lipinski definition) is 6. The molecule has 0 unspecified atom stereocenters. The average molecular weight is 531 g/mol. The van der Waals surface area contributed by atoms with Crippen LogP contribution in [0.25, 0.3) is 0 Å². The van der Waals surface area contributed by atoms with E-state index < -0.39 is 0 Å². The monoisotopic (exact) mass is 530 g/mol. The van der Waals surface area contributed by atoms with Crippen molar-refractivity contribution in [2.75, 3.05) is 14.2 Å². The van der Waals surface area contributed by atoms with Gasteiger partial charge in [0.2, 0.25) is 0 Å². The van der Waals surface area contributed by atoms with Crippen molar-refractivity contribution < 1.29 is 23.7 Å². The maximum Gasteiger partial charge on any atom is 0.271 e. The van der Waals surface area contributed by atoms with Crippen molar-refractivity contribution in [3.63, 3.8) is 0 Å². The zero-order valence-electron chi connectivity index (χ0n) is 21.0. The highest BCUT2D eigenvalue weighted by Crippen LogP contribution is 2.37. The lowest BCUT2D eigenvalue weighted by atomic mass is 10.2. The molecule has 4 aromatic carbocycles. The average Bonchev–Trinajstić information content (AvgIpc) is 2.96. The Hall–Kier alpha value is -4.49. The van der Waals surface area contributed by atoms with Crippen molar-refractivity contribution in [2.24, 2.45) is 5.10 Å². The van der Waals surface area contributed by atoms with Gasteiger partial charge in [0.1, 0.15) is 13.2 Å². The molecule has 0 heterocycles. The first-order valence-corrected chi connectivity index (χ1v) is 12.2. The van der Waals surface area contributed by atoms with Crippen molar-refractivity contribution in [3.05, 3.63) is 118 Å². The van der Waals surface area contributed by atoms with Gasteiger partial charge < -0.3 is 18.9 Å². The summed E-state index contributed by atoms with van der Waals surface area (Å²) in [6, 6.07) is 27.7. The first-order valence-electron chi connectivity index (χ1n) is 11.8. The molecule has 0 atom stereocenters. The fraction of sp³-hybridized carbons (Fsp3) is 0.133. The fourth-order valence-electron chi connectivity index (χ4n) is 3.59. The third-order valence-electron chi connectivity index (χ3n) is 5.52. The van der Waals surface area contributed by atoms with Crippen LogP contribution in [0.1, 0.15) is 27.0 Å². The predicted octanol–water partition coefficient (Wildman–Crippen LogP) is 6.28. The number of halogens is 1. The molecule has 0 bridgehead atoms. The van der Waals surface area contributed by atoms with Crippen LogP contribution in [-0.2, 0) is 13.2 Å². The molecule has 1 amide bonds. The molecule has 0 spiro atoms. The van der Waals surface area contributed by atoms with E-state index >= 15 is 0 Å². The highest BCUT2D eigenvalue weighted by atomic mass is 35.5. The molecule has 8 heteroatoms. The van der Waals surface area contributed by atoms with Crippen molar-refractivity contribution in [1.29, 1.82) is 0 Å². The molecule has 38 heavy (non-hydrogen) atoms. The maximum absolute atomic E-state index is 12.2. The lowest BCUT2D eigenvalue weighted by Gasteiger charge is -2.15. The highest BCUT2D eigenvalue weighted by Gasteiger charge is 2.13. The molecule has 0 aromatic heterocycles. The summed E-state index contributed by atoms with van der Waals surface area (Å²) in [6.07, 6.45) is 1.48. The second kappa shape index (κ2) is 13.2. The lowest BCUT2D eigenvalue weighted by molar-refractivity contribution is 0.0955. The van der Waals surface area contributed by atoms with Crippen LogP contribution in [-0.4, -0.2) is 26.3 Å². The Balaban J connectivity index is 1.40. The molecule has 0 aliphatic rings. The third kappa shape index (κ3) is 7.05. The molecule has 194 valence electrons. The van der Waals surface area contributed by atoms with Crippen molar-refractivity contribution in [2.45, 2.75) is 13.2 Å². The molecule has 0 aliphatic carbocycles. The number of benzene rings is 4. The number of carbonyl (C=O) groups excluding carboxylic acids is 1. The Kier molecular flexibility index (Phi) is 9.21. The zero-order valence-corrected chi connectivity index (χ0v) is 21.8. The minimum Gasteiger partial charge on any atom is -0.493 e. The molecular formula is C30H27ClN2O5. The van der Waals surface area contributed by atoms with Crippen LogP contribution in [0, 0.1) is 0 Å². The van der Waals surface area contributed by atoms with E-state index in [4.69, 9.17) is 30.5 Å². The van der Waals surface area contributed by atoms with Crippen LogP contribution in [0.4, 0.5) is 0 Å². The van der Waals surface area contributed by atoms with Gasteiger partial charge in [-0.3, -0.25) is 4.79 Å². The second-order valence-electron chi connectivity index (χ2n) is 8.15. The molecule has 0 saturated carbocycles. The third-order valence-corrected chi connectivity index (χ3v) is 5.80. The minimum absolute atomic E-state index is 0.228. The van der Waals surface area contributed by atoms with Crippen LogP contribution in [0.15, 0.2) is 96.1 Å². The molecule has 0 radical (unpaired) electrons. The molecular weight excluding hydrogens is 504 g/mol. The summed E-state index contributed by atoms with van der Waals surface area (Å²) in [5, 5.41) is 4.36. The quantitative estimate of drug-likeness (QED) is 0.182. The number of amides is 1. The first kappa shape index (κ1) is 26.6. The predicted molar refractivity (Wildman–Crippen MR) is 148 cm³/mol. The number of ether oxygens (including phenoxy) is 4. The van der Waals surface area contributed by atoms with Gasteiger partial charge in [0.05, 0.1) is 25.5 Å². The normalized spacial score (nSPS) is 10.7. The van der Waals surface area contributed by atoms with Gasteiger partial charge in [0, 0.05) is 5.56 Å². The number of nitrogens with zero attached hydrogens (tertiary/aromatic N) is 1. The molecule has 0 saturated heterocycles. The molecule has 0 fully saturated rings. The molecule has 7 nitrogen and oxygen atoms in total. The van der Waals surface area contributed by atoms with E-state index in [9.17, 15) is 4.79 Å². The van der Waals surface area contributed by atoms with Crippen LogP contribution in [0.5, 0.6) is 23.0 Å². The zero-order chi connectivity index (χ0) is 26.7. The SMILES string of the molecule is COc1cc(COc2c(Cl)cc(/C=N/NC(=O)c3ccccc3)cc2OC)ccc1OCc1ccccc1. The smallest absolute Gasteiger partial charge is 0.271 e. The number of hydrazone groups is 1. The summed E-state index contributed by atoms with van der Waals surface area (Å²) in [5.41, 5.74) is 5.56. The maximum atomic E-state index is 12.2. The molecule has 1 N–H and O–H groups in total. The summed E-state index contributed by atoms with van der Waals surface area (Å²) in [7, 11) is 3.12. The minimum atomic E-state index is -0.313. The Morgan fingerprint density at radius 1 is 0.789 bits per heavy atom. The van der Waals surface area contributed by atoms with Gasteiger partial charge in [-0.1, -0.05) is 66.2 Å². The summed E-state index contributed by atoms with van der Waals surface area (Å²) >= 11 is 6.50. The number of hydrogen-bond donors (Lipinski definition) is 1. The number of nitrogens with one attached hydrogen (secondary N) is 1. The van der Waals surface area contributed by atoms with Crippen LogP contribution in [0.2, 0.25) is 5.02 Å². The van der Waals surface area contributed by atoms with Crippen LogP contribution in [0.3, 0.4) is 0 Å². The number of carbonyl (C=O) groups is 1. The fourth-order valence-corrected chi connectivity index (χ4v) is 3.86. The summed E-state index contributed by atoms with van der Waals surface area (Å²) in [4.78, 5) is 12.2. The molecule has 0 aliphatic heterocycles. The summed E-state index contributed by atoms with van der Waals surface area (Å²) < 4.78 is 22.9. The second-order valence-corrected chi connectivity index (χ2v) is 8.55. The summed E-state index contributed by atoms with van der Waals surface area (Å²) in [6.45, 7) is 0.664. The topological polar surface area (TPSA) is 78.4 Å². The lowest BCUT2D eigenvalue weighted by Crippen LogP contribution is -2.17. The van der Waals surface area contributed by atoms with Gasteiger partial charge in [0.15, 0.2) is 23.0 Å². The Morgan fingerprint density at radius 2 is 1.47 bits per heavy atom. The van der Waals surface area contributed by atoms with E-state index in [0.29, 0.717) is 45.8 Å². The van der Waals surface area contributed by atoms with E-state index in [-0.39, 0.29) is 12.5 Å². The Morgan fingerprint density at radius 3 is 2.18 bits per heavy atom. The molecule has 4 aromatic rings. The van der Waals surface area contributed by atoms with E-state index in [1.54, 1.807) is 43.5 Å². The van der Waals surface area contributed by atoms with E-state index in [1.165, 1.54) is 13.3 Å². The van der Waals surface area contributed by atoms with Crippen LogP contribution < -0.4 is 24.4 Å². The van der Waals surface area contributed by atoms with Gasteiger partial charge in [-0.2, -0.15) is 5.10 Å². The van der Waals surface area contributed by atoms with E-state index in [0.717, 1.165) is 11.1 Å². The van der Waals surface area contributed by atoms with E-state index in [2.05, 4.69) is 10.5 Å². The van der Waals surface area contributed by atoms with E-state index in [1.807, 2.05) is 54.6 Å². The van der Waals surface area contributed by atoms with Crippen molar-refractivity contribution in [3.8, 4) is 23.0 Å². The Labute approximate surface area is 226 Å². The van der Waals surface area contributed by atoms with Crippen molar-refractivity contribution in [1.82, 2.24) is 5.43 Å². The first-order chi connectivity index (χ1) is 18.6. The van der Waals surface area contributed by atoms with Gasteiger partial charge in [-0.25, -0.2) is 5.43 Å². The molecule has 4 rings (SSSR count).